The molecule has 0 aliphatic heterocycles. The van der Waals surface area contributed by atoms with Crippen LogP contribution in [0.5, 0.6) is 0 Å². The molecule has 0 aromatic heterocycles. The number of alkyl halides is 1. The highest BCUT2D eigenvalue weighted by Gasteiger charge is 2.14. The number of rotatable bonds is 3. The van der Waals surface area contributed by atoms with Crippen molar-refractivity contribution < 1.29 is 4.79 Å². The maximum absolute atomic E-state index is 11.4. The number of hydrogen-bond donors (Lipinski definition) is 1. The van der Waals surface area contributed by atoms with Crippen molar-refractivity contribution in [3.05, 3.63) is 35.4 Å². The first-order valence-electron chi connectivity index (χ1n) is 5.02. The van der Waals surface area contributed by atoms with Crippen LogP contribution < -0.4 is 5.32 Å². The van der Waals surface area contributed by atoms with Gasteiger partial charge in [-0.2, -0.15) is 0 Å². The van der Waals surface area contributed by atoms with Crippen LogP contribution in [0.1, 0.15) is 31.0 Å². The van der Waals surface area contributed by atoms with Crippen LogP contribution in [0.25, 0.3) is 0 Å². The molecule has 15 heavy (non-hydrogen) atoms. The third-order valence-corrected chi connectivity index (χ3v) is 2.57. The van der Waals surface area contributed by atoms with E-state index in [1.54, 1.807) is 6.92 Å². The lowest BCUT2D eigenvalue weighted by Crippen LogP contribution is -2.32. The summed E-state index contributed by atoms with van der Waals surface area (Å²) < 4.78 is 0. The van der Waals surface area contributed by atoms with Gasteiger partial charge in [0.05, 0.1) is 6.04 Å². The van der Waals surface area contributed by atoms with E-state index in [2.05, 4.69) is 5.32 Å². The molecule has 0 radical (unpaired) electrons. The number of nitrogens with one attached hydrogen (secondary N) is 1. The summed E-state index contributed by atoms with van der Waals surface area (Å²) in [7, 11) is 0. The molecule has 1 unspecified atom stereocenters. The zero-order chi connectivity index (χ0) is 11.4. The maximum atomic E-state index is 11.4. The van der Waals surface area contributed by atoms with Crippen LogP contribution in [0.15, 0.2) is 24.3 Å². The molecule has 2 nitrogen and oxygen atoms in total. The topological polar surface area (TPSA) is 29.1 Å². The standard InChI is InChI=1S/C12H16ClNO/c1-8-6-4-5-7-11(8)10(3)14-12(15)9(2)13/h4-7,9-10H,1-3H3,(H,14,15)/t9?,10-/m1/s1. The van der Waals surface area contributed by atoms with Crippen LogP contribution in [0.4, 0.5) is 0 Å². The summed E-state index contributed by atoms with van der Waals surface area (Å²) in [6.45, 7) is 5.66. The number of hydrogen-bond acceptors (Lipinski definition) is 1. The maximum Gasteiger partial charge on any atom is 0.238 e. The Kier molecular flexibility index (Phi) is 4.15. The number of carbonyl (C=O) groups is 1. The molecule has 3 heteroatoms. The highest BCUT2D eigenvalue weighted by Crippen LogP contribution is 2.16. The predicted octanol–water partition coefficient (Wildman–Crippen LogP) is 2.80. The predicted molar refractivity (Wildman–Crippen MR) is 63.1 cm³/mol. The van der Waals surface area contributed by atoms with Gasteiger partial charge in [0.1, 0.15) is 5.38 Å². The first kappa shape index (κ1) is 12.1. The van der Waals surface area contributed by atoms with Crippen molar-refractivity contribution in [3.8, 4) is 0 Å². The summed E-state index contributed by atoms with van der Waals surface area (Å²) in [5, 5.41) is 2.38. The Morgan fingerprint density at radius 2 is 1.93 bits per heavy atom. The molecule has 82 valence electrons. The van der Waals surface area contributed by atoms with Gasteiger partial charge in [0, 0.05) is 0 Å². The molecule has 1 amide bonds. The van der Waals surface area contributed by atoms with Gasteiger partial charge in [0.15, 0.2) is 0 Å². The van der Waals surface area contributed by atoms with Gasteiger partial charge in [0.2, 0.25) is 5.91 Å². The van der Waals surface area contributed by atoms with Crippen molar-refractivity contribution in [2.24, 2.45) is 0 Å². The number of amides is 1. The Balaban J connectivity index is 2.73. The van der Waals surface area contributed by atoms with Crippen molar-refractivity contribution in [2.75, 3.05) is 0 Å². The summed E-state index contributed by atoms with van der Waals surface area (Å²) in [5.74, 6) is -0.132. The van der Waals surface area contributed by atoms with Crippen LogP contribution in [-0.2, 0) is 4.79 Å². The molecule has 1 rings (SSSR count). The average molecular weight is 226 g/mol. The molecule has 0 aliphatic carbocycles. The van der Waals surface area contributed by atoms with Crippen LogP contribution in [0.3, 0.4) is 0 Å². The minimum Gasteiger partial charge on any atom is -0.348 e. The van der Waals surface area contributed by atoms with Crippen LogP contribution in [-0.4, -0.2) is 11.3 Å². The second-order valence-corrected chi connectivity index (χ2v) is 4.36. The molecule has 1 N–H and O–H groups in total. The summed E-state index contributed by atoms with van der Waals surface area (Å²) in [6.07, 6.45) is 0. The molecule has 0 fully saturated rings. The Hall–Kier alpha value is -1.02. The lowest BCUT2D eigenvalue weighted by Gasteiger charge is -2.17. The van der Waals surface area contributed by atoms with E-state index in [0.717, 1.165) is 5.56 Å². The normalized spacial score (nSPS) is 14.4. The van der Waals surface area contributed by atoms with Gasteiger partial charge < -0.3 is 5.32 Å². The third kappa shape index (κ3) is 3.24. The van der Waals surface area contributed by atoms with Crippen LogP contribution in [0, 0.1) is 6.92 Å². The fraction of sp³-hybridized carbons (Fsp3) is 0.417. The third-order valence-electron chi connectivity index (χ3n) is 2.38. The van der Waals surface area contributed by atoms with E-state index in [-0.39, 0.29) is 11.9 Å². The Labute approximate surface area is 95.6 Å². The fourth-order valence-electron chi connectivity index (χ4n) is 1.48. The smallest absolute Gasteiger partial charge is 0.238 e. The van der Waals surface area contributed by atoms with Gasteiger partial charge >= 0.3 is 0 Å². The van der Waals surface area contributed by atoms with Crippen molar-refractivity contribution in [1.82, 2.24) is 5.32 Å². The van der Waals surface area contributed by atoms with Crippen LogP contribution >= 0.6 is 11.6 Å². The fourth-order valence-corrected chi connectivity index (χ4v) is 1.54. The molecule has 0 heterocycles. The molecule has 2 atom stereocenters. The first-order valence-corrected chi connectivity index (χ1v) is 5.46. The molecule has 0 saturated carbocycles. The van der Waals surface area contributed by atoms with Gasteiger partial charge in [-0.3, -0.25) is 4.79 Å². The van der Waals surface area contributed by atoms with E-state index >= 15 is 0 Å². The largest absolute Gasteiger partial charge is 0.348 e. The van der Waals surface area contributed by atoms with E-state index in [9.17, 15) is 4.79 Å². The van der Waals surface area contributed by atoms with Crippen molar-refractivity contribution >= 4 is 17.5 Å². The molecular formula is C12H16ClNO. The van der Waals surface area contributed by atoms with Gasteiger partial charge in [-0.15, -0.1) is 11.6 Å². The molecule has 0 saturated heterocycles. The number of halogens is 1. The quantitative estimate of drug-likeness (QED) is 0.788. The minimum atomic E-state index is -0.489. The molecule has 0 bridgehead atoms. The Bertz CT molecular complexity index is 349. The van der Waals surface area contributed by atoms with Gasteiger partial charge in [0.25, 0.3) is 0 Å². The second-order valence-electron chi connectivity index (χ2n) is 3.70. The average Bonchev–Trinajstić information content (AvgIpc) is 2.18. The van der Waals surface area contributed by atoms with Gasteiger partial charge in [-0.25, -0.2) is 0 Å². The Morgan fingerprint density at radius 1 is 1.33 bits per heavy atom. The minimum absolute atomic E-state index is 0.0000926. The summed E-state index contributed by atoms with van der Waals surface area (Å²) in [6, 6.07) is 7.99. The van der Waals surface area contributed by atoms with Crippen molar-refractivity contribution in [1.29, 1.82) is 0 Å². The van der Waals surface area contributed by atoms with E-state index in [1.807, 2.05) is 38.1 Å². The lowest BCUT2D eigenvalue weighted by molar-refractivity contribution is -0.121. The molecule has 1 aromatic carbocycles. The SMILES string of the molecule is Cc1ccccc1[C@@H](C)NC(=O)C(C)Cl. The van der Waals surface area contributed by atoms with E-state index in [4.69, 9.17) is 11.6 Å². The summed E-state index contributed by atoms with van der Waals surface area (Å²) >= 11 is 5.69. The molecular weight excluding hydrogens is 210 g/mol. The van der Waals surface area contributed by atoms with Crippen molar-refractivity contribution in [3.63, 3.8) is 0 Å². The zero-order valence-electron chi connectivity index (χ0n) is 9.25. The first-order chi connectivity index (χ1) is 7.02. The monoisotopic (exact) mass is 225 g/mol. The molecule has 0 spiro atoms. The highest BCUT2D eigenvalue weighted by molar-refractivity contribution is 6.30. The molecule has 0 aliphatic rings. The van der Waals surface area contributed by atoms with Gasteiger partial charge in [-0.1, -0.05) is 24.3 Å². The van der Waals surface area contributed by atoms with E-state index in [0.29, 0.717) is 0 Å². The van der Waals surface area contributed by atoms with Gasteiger partial charge in [-0.05, 0) is 31.9 Å². The number of aryl methyl sites for hydroxylation is 1. The number of benzene rings is 1. The molecule has 1 aromatic rings. The van der Waals surface area contributed by atoms with Crippen molar-refractivity contribution in [2.45, 2.75) is 32.2 Å². The number of carbonyl (C=O) groups excluding carboxylic acids is 1. The highest BCUT2D eigenvalue weighted by atomic mass is 35.5. The summed E-state index contributed by atoms with van der Waals surface area (Å²) in [4.78, 5) is 11.4. The second kappa shape index (κ2) is 5.17. The lowest BCUT2D eigenvalue weighted by atomic mass is 10.0. The summed E-state index contributed by atoms with van der Waals surface area (Å²) in [5.41, 5.74) is 2.30. The van der Waals surface area contributed by atoms with E-state index in [1.165, 1.54) is 5.56 Å². The van der Waals surface area contributed by atoms with E-state index < -0.39 is 5.38 Å². The van der Waals surface area contributed by atoms with Crippen LogP contribution in [0.2, 0.25) is 0 Å². The Morgan fingerprint density at radius 3 is 2.47 bits per heavy atom. The zero-order valence-corrected chi connectivity index (χ0v) is 10.0.